The maximum Gasteiger partial charge on any atom is 0.339 e. The lowest BCUT2D eigenvalue weighted by atomic mass is 10.2. The Morgan fingerprint density at radius 3 is 2.60 bits per heavy atom. The second-order valence-electron chi connectivity index (χ2n) is 4.90. The molecule has 134 valence electrons. The van der Waals surface area contributed by atoms with Crippen molar-refractivity contribution in [1.82, 2.24) is 0 Å². The average Bonchev–Trinajstić information content (AvgIpc) is 2.99. The van der Waals surface area contributed by atoms with Gasteiger partial charge in [-0.05, 0) is 12.1 Å². The predicted octanol–water partition coefficient (Wildman–Crippen LogP) is 3.58. The Hall–Kier alpha value is -2.97. The zero-order valence-corrected chi connectivity index (χ0v) is 13.0. The van der Waals surface area contributed by atoms with E-state index in [1.807, 2.05) is 0 Å². The molecule has 0 radical (unpaired) electrons. The van der Waals surface area contributed by atoms with E-state index in [0.29, 0.717) is 0 Å². The van der Waals surface area contributed by atoms with Crippen LogP contribution in [0.2, 0.25) is 0 Å². The highest BCUT2D eigenvalue weighted by atomic mass is 19.3. The number of hydrogen-bond acceptors (Lipinski definition) is 4. The van der Waals surface area contributed by atoms with Gasteiger partial charge in [-0.3, -0.25) is 4.79 Å². The van der Waals surface area contributed by atoms with Crippen LogP contribution in [0.15, 0.2) is 28.7 Å². The largest absolute Gasteiger partial charge is 0.485 e. The summed E-state index contributed by atoms with van der Waals surface area (Å²) in [6, 6.07) is 4.04. The van der Waals surface area contributed by atoms with Gasteiger partial charge in [0, 0.05) is 18.6 Å². The third-order valence-electron chi connectivity index (χ3n) is 3.14. The number of amides is 1. The van der Waals surface area contributed by atoms with Gasteiger partial charge in [-0.25, -0.2) is 18.0 Å². The summed E-state index contributed by atoms with van der Waals surface area (Å²) in [4.78, 5) is 23.3. The third kappa shape index (κ3) is 4.52. The van der Waals surface area contributed by atoms with Crippen molar-refractivity contribution in [2.45, 2.75) is 19.8 Å². The molecule has 0 saturated heterocycles. The number of benzene rings is 1. The van der Waals surface area contributed by atoms with Gasteiger partial charge in [-0.15, -0.1) is 0 Å². The standard InChI is InChI=1S/C16H14F3NO5/c1-2-11-9(16(22)23)6-13(25-11)15(21)20-10-4-3-8(17)5-12(10)24-7-14(18)19/h3-6,14H,2,7H2,1H3,(H,20,21)(H,22,23). The number of carboxylic acid groups (broad SMARTS) is 1. The van der Waals surface area contributed by atoms with E-state index in [-0.39, 0.29) is 34.9 Å². The fourth-order valence-corrected chi connectivity index (χ4v) is 2.04. The Balaban J connectivity index is 2.24. The molecular weight excluding hydrogens is 343 g/mol. The first-order chi connectivity index (χ1) is 11.8. The van der Waals surface area contributed by atoms with Crippen molar-refractivity contribution >= 4 is 17.6 Å². The Kier molecular flexibility index (Phi) is 5.68. The van der Waals surface area contributed by atoms with E-state index in [4.69, 9.17) is 14.3 Å². The number of rotatable bonds is 7. The van der Waals surface area contributed by atoms with Crippen LogP contribution in [0.3, 0.4) is 0 Å². The van der Waals surface area contributed by atoms with Gasteiger partial charge in [0.05, 0.1) is 5.69 Å². The fraction of sp³-hybridized carbons (Fsp3) is 0.250. The number of furan rings is 1. The quantitative estimate of drug-likeness (QED) is 0.791. The molecule has 1 heterocycles. The molecule has 0 aliphatic heterocycles. The molecule has 2 N–H and O–H groups in total. The number of alkyl halides is 2. The molecule has 0 aliphatic rings. The molecule has 0 aliphatic carbocycles. The normalized spacial score (nSPS) is 10.8. The van der Waals surface area contributed by atoms with Crippen LogP contribution >= 0.6 is 0 Å². The number of anilines is 1. The molecule has 0 unspecified atom stereocenters. The van der Waals surface area contributed by atoms with Crippen LogP contribution in [0.4, 0.5) is 18.9 Å². The second-order valence-corrected chi connectivity index (χ2v) is 4.90. The number of aromatic carboxylic acids is 1. The topological polar surface area (TPSA) is 88.8 Å². The average molecular weight is 357 g/mol. The molecule has 0 fully saturated rings. The molecule has 6 nitrogen and oxygen atoms in total. The first-order valence-corrected chi connectivity index (χ1v) is 7.19. The van der Waals surface area contributed by atoms with Gasteiger partial charge in [0.25, 0.3) is 12.3 Å². The molecule has 2 aromatic rings. The lowest BCUT2D eigenvalue weighted by molar-refractivity contribution is 0.0694. The highest BCUT2D eigenvalue weighted by molar-refractivity contribution is 6.04. The lowest BCUT2D eigenvalue weighted by Crippen LogP contribution is -2.14. The van der Waals surface area contributed by atoms with E-state index < -0.39 is 30.7 Å². The molecule has 0 spiro atoms. The summed E-state index contributed by atoms with van der Waals surface area (Å²) in [6.07, 6.45) is -2.52. The molecular formula is C16H14F3NO5. The minimum absolute atomic E-state index is 0.0571. The van der Waals surface area contributed by atoms with Crippen molar-refractivity contribution in [2.24, 2.45) is 0 Å². The smallest absolute Gasteiger partial charge is 0.339 e. The van der Waals surface area contributed by atoms with Crippen molar-refractivity contribution in [3.8, 4) is 5.75 Å². The monoisotopic (exact) mass is 357 g/mol. The van der Waals surface area contributed by atoms with Crippen LogP contribution in [0.1, 0.15) is 33.6 Å². The van der Waals surface area contributed by atoms with Gasteiger partial charge in [-0.2, -0.15) is 0 Å². The van der Waals surface area contributed by atoms with Crippen molar-refractivity contribution in [3.05, 3.63) is 47.2 Å². The predicted molar refractivity (Wildman–Crippen MR) is 80.9 cm³/mol. The molecule has 2 rings (SSSR count). The third-order valence-corrected chi connectivity index (χ3v) is 3.14. The molecule has 9 heteroatoms. The molecule has 25 heavy (non-hydrogen) atoms. The SMILES string of the molecule is CCc1oc(C(=O)Nc2ccc(F)cc2OCC(F)F)cc1C(=O)O. The van der Waals surface area contributed by atoms with E-state index in [0.717, 1.165) is 24.3 Å². The van der Waals surface area contributed by atoms with Crippen LogP contribution in [-0.4, -0.2) is 30.0 Å². The van der Waals surface area contributed by atoms with Crippen molar-refractivity contribution in [1.29, 1.82) is 0 Å². The van der Waals surface area contributed by atoms with E-state index >= 15 is 0 Å². The molecule has 1 amide bonds. The first-order valence-electron chi connectivity index (χ1n) is 7.19. The maximum absolute atomic E-state index is 13.3. The van der Waals surface area contributed by atoms with Gasteiger partial charge in [0.1, 0.15) is 29.5 Å². The summed E-state index contributed by atoms with van der Waals surface area (Å²) in [6.45, 7) is 0.680. The van der Waals surface area contributed by atoms with E-state index in [9.17, 15) is 22.8 Å². The van der Waals surface area contributed by atoms with Crippen LogP contribution in [0, 0.1) is 5.82 Å². The Morgan fingerprint density at radius 1 is 1.32 bits per heavy atom. The van der Waals surface area contributed by atoms with Gasteiger partial charge in [-0.1, -0.05) is 6.92 Å². The van der Waals surface area contributed by atoms with E-state index in [2.05, 4.69) is 5.32 Å². The van der Waals surface area contributed by atoms with Crippen molar-refractivity contribution in [2.75, 3.05) is 11.9 Å². The Morgan fingerprint density at radius 2 is 2.04 bits per heavy atom. The number of hydrogen-bond donors (Lipinski definition) is 2. The van der Waals surface area contributed by atoms with E-state index in [1.54, 1.807) is 6.92 Å². The fourth-order valence-electron chi connectivity index (χ4n) is 2.04. The number of nitrogens with one attached hydrogen (secondary N) is 1. The summed E-state index contributed by atoms with van der Waals surface area (Å²) in [5.41, 5.74) is -0.209. The van der Waals surface area contributed by atoms with E-state index in [1.165, 1.54) is 0 Å². The lowest BCUT2D eigenvalue weighted by Gasteiger charge is -2.11. The second kappa shape index (κ2) is 7.73. The minimum Gasteiger partial charge on any atom is -0.485 e. The zero-order valence-electron chi connectivity index (χ0n) is 13.0. The molecule has 0 atom stereocenters. The highest BCUT2D eigenvalue weighted by Gasteiger charge is 2.21. The summed E-state index contributed by atoms with van der Waals surface area (Å²) < 4.78 is 47.8. The van der Waals surface area contributed by atoms with Gasteiger partial charge in [0.15, 0.2) is 5.76 Å². The van der Waals surface area contributed by atoms with Crippen LogP contribution in [0.5, 0.6) is 5.75 Å². The van der Waals surface area contributed by atoms with Crippen LogP contribution in [-0.2, 0) is 6.42 Å². The highest BCUT2D eigenvalue weighted by Crippen LogP contribution is 2.27. The molecule has 0 bridgehead atoms. The number of ether oxygens (including phenoxy) is 1. The summed E-state index contributed by atoms with van der Waals surface area (Å²) in [5, 5.41) is 11.4. The van der Waals surface area contributed by atoms with Crippen molar-refractivity contribution < 1.29 is 37.0 Å². The number of aryl methyl sites for hydroxylation is 1. The van der Waals surface area contributed by atoms with Crippen LogP contribution in [0.25, 0.3) is 0 Å². The first kappa shape index (κ1) is 18.4. The summed E-state index contributed by atoms with van der Waals surface area (Å²) >= 11 is 0. The summed E-state index contributed by atoms with van der Waals surface area (Å²) in [5.74, 6) is -3.25. The number of halogens is 3. The molecule has 1 aromatic heterocycles. The van der Waals surface area contributed by atoms with Gasteiger partial charge < -0.3 is 19.6 Å². The number of carbonyl (C=O) groups is 2. The Bertz CT molecular complexity index is 788. The molecule has 0 saturated carbocycles. The maximum atomic E-state index is 13.3. The van der Waals surface area contributed by atoms with Crippen molar-refractivity contribution in [3.63, 3.8) is 0 Å². The summed E-state index contributed by atoms with van der Waals surface area (Å²) in [7, 11) is 0. The Labute approximate surface area is 140 Å². The zero-order chi connectivity index (χ0) is 18.6. The number of carboxylic acids is 1. The van der Waals surface area contributed by atoms with Gasteiger partial charge in [0.2, 0.25) is 0 Å². The van der Waals surface area contributed by atoms with Crippen LogP contribution < -0.4 is 10.1 Å². The van der Waals surface area contributed by atoms with Gasteiger partial charge >= 0.3 is 5.97 Å². The minimum atomic E-state index is -2.78. The molecule has 1 aromatic carbocycles. The number of carbonyl (C=O) groups excluding carboxylic acids is 1.